The van der Waals surface area contributed by atoms with E-state index in [2.05, 4.69) is 264 Å². The number of rotatable bonds is 5. The van der Waals surface area contributed by atoms with Crippen LogP contribution in [0.5, 0.6) is 0 Å². The summed E-state index contributed by atoms with van der Waals surface area (Å²) in [5.41, 5.74) is 20.4. The van der Waals surface area contributed by atoms with Gasteiger partial charge in [-0.2, -0.15) is 5.26 Å². The van der Waals surface area contributed by atoms with E-state index in [0.29, 0.717) is 5.56 Å². The quantitative estimate of drug-likeness (QED) is 0.127. The third kappa shape index (κ3) is 6.95. The van der Waals surface area contributed by atoms with Gasteiger partial charge in [0.25, 0.3) is 6.71 Å². The van der Waals surface area contributed by atoms with E-state index in [1.807, 2.05) is 0 Å². The summed E-state index contributed by atoms with van der Waals surface area (Å²) in [4.78, 5) is 4.97. The number of para-hydroxylation sites is 2. The van der Waals surface area contributed by atoms with Gasteiger partial charge in [0.1, 0.15) is 0 Å². The molecule has 0 fully saturated rings. The molecule has 2 heterocycles. The predicted molar refractivity (Wildman–Crippen MR) is 294 cm³/mol. The first kappa shape index (κ1) is 42.2. The SMILES string of the molecule is CC(C)(C)c1ccc2c(c1)B1c3cc(C(C)(C)C)ccc3N(c3ccccc3)c3cc(-c4cc(C#N)cc(-c5c6ccccc6c(-c6ccccc6)c6ccccc56)c4)cc(c31)N2c1ccccc1. The number of nitrogens with zero attached hydrogens (tertiary/aromatic N) is 3. The van der Waals surface area contributed by atoms with Crippen LogP contribution in [0.4, 0.5) is 34.1 Å². The smallest absolute Gasteiger partial charge is 0.252 e. The fraction of sp³-hybridized carbons (Fsp3) is 0.123. The monoisotopic (exact) mass is 885 g/mol. The van der Waals surface area contributed by atoms with Gasteiger partial charge in [0.2, 0.25) is 0 Å². The molecule has 2 aliphatic rings. The Hall–Kier alpha value is -8.13. The summed E-state index contributed by atoms with van der Waals surface area (Å²) < 4.78 is 0. The van der Waals surface area contributed by atoms with Crippen molar-refractivity contribution in [3.8, 4) is 39.4 Å². The van der Waals surface area contributed by atoms with Crippen molar-refractivity contribution in [2.75, 3.05) is 9.80 Å². The maximum absolute atomic E-state index is 10.9. The molecule has 0 N–H and O–H groups in total. The molecule has 0 aromatic heterocycles. The van der Waals surface area contributed by atoms with Gasteiger partial charge in [-0.15, -0.1) is 0 Å². The molecule has 3 nitrogen and oxygen atoms in total. The Bertz CT molecular complexity index is 3520. The lowest BCUT2D eigenvalue weighted by molar-refractivity contribution is 0.590. The minimum absolute atomic E-state index is 0.0413. The molecular formula is C65H52BN3. The summed E-state index contributed by atoms with van der Waals surface area (Å²) in [6.07, 6.45) is 0. The van der Waals surface area contributed by atoms with Crippen LogP contribution in [0.1, 0.15) is 58.2 Å². The van der Waals surface area contributed by atoms with Gasteiger partial charge in [-0.05, 0) is 160 Å². The molecule has 0 saturated heterocycles. The minimum atomic E-state index is -0.0532. The first-order chi connectivity index (χ1) is 33.5. The van der Waals surface area contributed by atoms with Crippen molar-refractivity contribution in [2.45, 2.75) is 52.4 Å². The molecule has 0 bridgehead atoms. The van der Waals surface area contributed by atoms with Crippen molar-refractivity contribution >= 4 is 78.8 Å². The number of fused-ring (bicyclic) bond motifs is 6. The highest BCUT2D eigenvalue weighted by atomic mass is 15.2. The lowest BCUT2D eigenvalue weighted by atomic mass is 9.33. The summed E-state index contributed by atoms with van der Waals surface area (Å²) in [6, 6.07) is 78.2. The molecule has 4 heteroatoms. The van der Waals surface area contributed by atoms with Crippen molar-refractivity contribution in [3.05, 3.63) is 223 Å². The average Bonchev–Trinajstić information content (AvgIpc) is 3.37. The van der Waals surface area contributed by atoms with Gasteiger partial charge in [-0.1, -0.05) is 181 Å². The molecule has 12 rings (SSSR count). The molecule has 0 spiro atoms. The number of hydrogen-bond donors (Lipinski definition) is 0. The first-order valence-corrected chi connectivity index (χ1v) is 24.2. The van der Waals surface area contributed by atoms with Gasteiger partial charge >= 0.3 is 0 Å². The largest absolute Gasteiger partial charge is 0.311 e. The van der Waals surface area contributed by atoms with Crippen LogP contribution in [-0.2, 0) is 10.8 Å². The zero-order valence-corrected chi connectivity index (χ0v) is 40.0. The fourth-order valence-corrected chi connectivity index (χ4v) is 11.2. The van der Waals surface area contributed by atoms with Crippen LogP contribution in [0.2, 0.25) is 0 Å². The van der Waals surface area contributed by atoms with Gasteiger partial charge in [-0.25, -0.2) is 0 Å². The molecule has 0 unspecified atom stereocenters. The Morgan fingerprint density at radius 3 is 1.20 bits per heavy atom. The molecule has 0 saturated carbocycles. The molecule has 10 aromatic rings. The van der Waals surface area contributed by atoms with Gasteiger partial charge in [0.15, 0.2) is 0 Å². The first-order valence-electron chi connectivity index (χ1n) is 24.2. The Morgan fingerprint density at radius 2 is 0.768 bits per heavy atom. The second-order valence-corrected chi connectivity index (χ2v) is 20.9. The topological polar surface area (TPSA) is 30.3 Å². The average molecular weight is 886 g/mol. The van der Waals surface area contributed by atoms with Crippen LogP contribution in [0.25, 0.3) is 54.9 Å². The lowest BCUT2D eigenvalue weighted by Gasteiger charge is -2.45. The number of nitriles is 1. The highest BCUT2D eigenvalue weighted by molar-refractivity contribution is 7.00. The van der Waals surface area contributed by atoms with E-state index in [-0.39, 0.29) is 17.5 Å². The third-order valence-electron chi connectivity index (χ3n) is 14.5. The second kappa shape index (κ2) is 16.0. The van der Waals surface area contributed by atoms with E-state index in [4.69, 9.17) is 0 Å². The number of anilines is 6. The van der Waals surface area contributed by atoms with Crippen LogP contribution in [0.15, 0.2) is 206 Å². The highest BCUT2D eigenvalue weighted by Crippen LogP contribution is 2.49. The van der Waals surface area contributed by atoms with Gasteiger partial charge in [-0.3, -0.25) is 0 Å². The molecule has 330 valence electrons. The Morgan fingerprint density at radius 1 is 0.377 bits per heavy atom. The van der Waals surface area contributed by atoms with E-state index < -0.39 is 0 Å². The van der Waals surface area contributed by atoms with Crippen molar-refractivity contribution in [3.63, 3.8) is 0 Å². The summed E-state index contributed by atoms with van der Waals surface area (Å²) in [6.45, 7) is 13.8. The van der Waals surface area contributed by atoms with E-state index in [0.717, 1.165) is 55.8 Å². The van der Waals surface area contributed by atoms with Crippen molar-refractivity contribution in [1.82, 2.24) is 0 Å². The fourth-order valence-electron chi connectivity index (χ4n) is 11.2. The summed E-state index contributed by atoms with van der Waals surface area (Å²) >= 11 is 0. The van der Waals surface area contributed by atoms with E-state index in [1.165, 1.54) is 60.8 Å². The summed E-state index contributed by atoms with van der Waals surface area (Å²) in [5.74, 6) is 0. The molecule has 0 radical (unpaired) electrons. The third-order valence-corrected chi connectivity index (χ3v) is 14.5. The second-order valence-electron chi connectivity index (χ2n) is 20.9. The van der Waals surface area contributed by atoms with Gasteiger partial charge in [0, 0.05) is 34.1 Å². The van der Waals surface area contributed by atoms with E-state index in [9.17, 15) is 5.26 Å². The Balaban J connectivity index is 1.18. The molecular weight excluding hydrogens is 834 g/mol. The van der Waals surface area contributed by atoms with Crippen molar-refractivity contribution in [2.24, 2.45) is 0 Å². The van der Waals surface area contributed by atoms with Crippen LogP contribution < -0.4 is 26.2 Å². The zero-order valence-electron chi connectivity index (χ0n) is 40.0. The maximum atomic E-state index is 10.9. The standard InChI is InChI=1S/C65H52BN3/c1-64(2,3)47-30-32-57-55(39-47)66-56-40-48(65(4,5)6)31-33-58(56)69(50-24-14-9-15-25-50)60-38-45(37-59(63(60)66)68(57)49-22-12-8-13-23-49)44-34-42(41-67)35-46(36-44)62-53-28-18-16-26-51(53)61(43-20-10-7-11-21-43)52-27-17-19-29-54(52)62/h7-40H,1-6H3. The van der Waals surface area contributed by atoms with Crippen LogP contribution in [0, 0.1) is 11.3 Å². The molecule has 10 aromatic carbocycles. The lowest BCUT2D eigenvalue weighted by Crippen LogP contribution is -2.61. The van der Waals surface area contributed by atoms with E-state index >= 15 is 0 Å². The number of hydrogen-bond acceptors (Lipinski definition) is 3. The zero-order chi connectivity index (χ0) is 47.2. The van der Waals surface area contributed by atoms with Crippen LogP contribution >= 0.6 is 0 Å². The molecule has 0 amide bonds. The normalized spacial score (nSPS) is 13.0. The maximum Gasteiger partial charge on any atom is 0.252 e. The van der Waals surface area contributed by atoms with Crippen LogP contribution in [0.3, 0.4) is 0 Å². The Labute approximate surface area is 406 Å². The highest BCUT2D eigenvalue weighted by Gasteiger charge is 2.44. The molecule has 0 aliphatic carbocycles. The Kier molecular flexibility index (Phi) is 9.80. The summed E-state index contributed by atoms with van der Waals surface area (Å²) in [7, 11) is 0. The summed E-state index contributed by atoms with van der Waals surface area (Å²) in [5, 5.41) is 15.6. The predicted octanol–water partition coefficient (Wildman–Crippen LogP) is 15.5. The molecule has 69 heavy (non-hydrogen) atoms. The minimum Gasteiger partial charge on any atom is -0.311 e. The molecule has 0 atom stereocenters. The van der Waals surface area contributed by atoms with Crippen molar-refractivity contribution < 1.29 is 0 Å². The van der Waals surface area contributed by atoms with Gasteiger partial charge in [0.05, 0.1) is 11.6 Å². The molecule has 2 aliphatic heterocycles. The van der Waals surface area contributed by atoms with Crippen molar-refractivity contribution in [1.29, 1.82) is 5.26 Å². The van der Waals surface area contributed by atoms with Gasteiger partial charge < -0.3 is 9.80 Å². The van der Waals surface area contributed by atoms with E-state index in [1.54, 1.807) is 0 Å². The van der Waals surface area contributed by atoms with Crippen LogP contribution in [-0.4, -0.2) is 6.71 Å². The number of benzene rings is 10.